The summed E-state index contributed by atoms with van der Waals surface area (Å²) >= 11 is 0. The lowest BCUT2D eigenvalue weighted by Crippen LogP contribution is -2.22. The molecule has 0 aromatic heterocycles. The molecule has 0 bridgehead atoms. The summed E-state index contributed by atoms with van der Waals surface area (Å²) in [5, 5.41) is 3.07. The maximum absolute atomic E-state index is 12.4. The Kier molecular flexibility index (Phi) is 2.37. The first kappa shape index (κ1) is 10.3. The summed E-state index contributed by atoms with van der Waals surface area (Å²) in [6.07, 6.45) is -2.43. The number of benzene rings is 1. The van der Waals surface area contributed by atoms with E-state index in [4.69, 9.17) is 0 Å². The van der Waals surface area contributed by atoms with Gasteiger partial charge in [-0.3, -0.25) is 0 Å². The van der Waals surface area contributed by atoms with E-state index in [0.29, 0.717) is 5.69 Å². The van der Waals surface area contributed by atoms with Gasteiger partial charge in [0.15, 0.2) is 0 Å². The van der Waals surface area contributed by atoms with Crippen LogP contribution in [-0.4, -0.2) is 6.04 Å². The molecule has 2 rings (SSSR count). The Hall–Kier alpha value is -1.19. The summed E-state index contributed by atoms with van der Waals surface area (Å²) in [7, 11) is 0. The van der Waals surface area contributed by atoms with E-state index in [1.165, 1.54) is 6.07 Å². The fraction of sp³-hybridized carbons (Fsp3) is 0.455. The molecule has 0 spiro atoms. The number of fused-ring (bicyclic) bond motifs is 1. The molecule has 0 aliphatic carbocycles. The summed E-state index contributed by atoms with van der Waals surface area (Å²) in [4.78, 5) is 0. The van der Waals surface area contributed by atoms with Gasteiger partial charge < -0.3 is 5.32 Å². The number of rotatable bonds is 0. The lowest BCUT2D eigenvalue weighted by atomic mass is 9.97. The zero-order chi connectivity index (χ0) is 11.1. The standard InChI is InChI=1S/C11H12F3N/c1-7-2-3-8-4-5-9(11(12,13)14)6-10(8)15-7/h4-7,15H,2-3H2,1H3. The maximum Gasteiger partial charge on any atom is 0.416 e. The van der Waals surface area contributed by atoms with Crippen molar-refractivity contribution in [3.8, 4) is 0 Å². The molecule has 1 heterocycles. The van der Waals surface area contributed by atoms with Crippen molar-refractivity contribution in [2.24, 2.45) is 0 Å². The minimum absolute atomic E-state index is 0.251. The predicted molar refractivity (Wildman–Crippen MR) is 52.8 cm³/mol. The molecule has 1 aromatic rings. The van der Waals surface area contributed by atoms with Crippen molar-refractivity contribution in [2.45, 2.75) is 32.0 Å². The van der Waals surface area contributed by atoms with Gasteiger partial charge in [-0.15, -0.1) is 0 Å². The van der Waals surface area contributed by atoms with Gasteiger partial charge in [0.2, 0.25) is 0 Å². The first-order chi connectivity index (χ1) is 6.97. The van der Waals surface area contributed by atoms with Crippen molar-refractivity contribution in [3.63, 3.8) is 0 Å². The van der Waals surface area contributed by atoms with Crippen LogP contribution in [0.15, 0.2) is 18.2 Å². The second kappa shape index (κ2) is 3.43. The zero-order valence-corrected chi connectivity index (χ0v) is 8.36. The third kappa shape index (κ3) is 2.08. The highest BCUT2D eigenvalue weighted by Crippen LogP contribution is 2.34. The number of anilines is 1. The second-order valence-electron chi connectivity index (χ2n) is 3.95. The molecule has 15 heavy (non-hydrogen) atoms. The Morgan fingerprint density at radius 2 is 2.07 bits per heavy atom. The first-order valence-corrected chi connectivity index (χ1v) is 4.93. The Balaban J connectivity index is 2.37. The maximum atomic E-state index is 12.4. The summed E-state index contributed by atoms with van der Waals surface area (Å²) in [5.41, 5.74) is 1.02. The van der Waals surface area contributed by atoms with E-state index in [-0.39, 0.29) is 6.04 Å². The van der Waals surface area contributed by atoms with Crippen LogP contribution >= 0.6 is 0 Å². The number of alkyl halides is 3. The highest BCUT2D eigenvalue weighted by atomic mass is 19.4. The monoisotopic (exact) mass is 215 g/mol. The average Bonchev–Trinajstić information content (AvgIpc) is 2.15. The molecule has 1 aliphatic heterocycles. The third-order valence-electron chi connectivity index (χ3n) is 2.69. The minimum Gasteiger partial charge on any atom is -0.382 e. The molecular weight excluding hydrogens is 203 g/mol. The van der Waals surface area contributed by atoms with Gasteiger partial charge >= 0.3 is 6.18 Å². The van der Waals surface area contributed by atoms with Crippen LogP contribution in [0.4, 0.5) is 18.9 Å². The van der Waals surface area contributed by atoms with Gasteiger partial charge in [0.05, 0.1) is 5.56 Å². The molecule has 1 aliphatic rings. The molecule has 1 N–H and O–H groups in total. The molecule has 1 nitrogen and oxygen atoms in total. The molecule has 1 aromatic carbocycles. The number of aryl methyl sites for hydroxylation is 1. The molecular formula is C11H12F3N. The van der Waals surface area contributed by atoms with Crippen LogP contribution < -0.4 is 5.32 Å². The normalized spacial score (nSPS) is 20.7. The van der Waals surface area contributed by atoms with Crippen LogP contribution in [0.5, 0.6) is 0 Å². The Labute approximate surface area is 86.3 Å². The first-order valence-electron chi connectivity index (χ1n) is 4.93. The number of halogens is 3. The van der Waals surface area contributed by atoms with Gasteiger partial charge in [-0.05, 0) is 37.5 Å². The van der Waals surface area contributed by atoms with Crippen molar-refractivity contribution in [1.82, 2.24) is 0 Å². The van der Waals surface area contributed by atoms with Gasteiger partial charge in [0.25, 0.3) is 0 Å². The fourth-order valence-corrected chi connectivity index (χ4v) is 1.81. The highest BCUT2D eigenvalue weighted by Gasteiger charge is 2.31. The number of hydrogen-bond acceptors (Lipinski definition) is 1. The molecule has 1 atom stereocenters. The lowest BCUT2D eigenvalue weighted by molar-refractivity contribution is -0.137. The topological polar surface area (TPSA) is 12.0 Å². The van der Waals surface area contributed by atoms with Crippen molar-refractivity contribution in [3.05, 3.63) is 29.3 Å². The van der Waals surface area contributed by atoms with E-state index >= 15 is 0 Å². The molecule has 4 heteroatoms. The Morgan fingerprint density at radius 3 is 2.73 bits per heavy atom. The molecule has 0 fully saturated rings. The number of nitrogens with one attached hydrogen (secondary N) is 1. The van der Waals surface area contributed by atoms with Crippen molar-refractivity contribution in [1.29, 1.82) is 0 Å². The summed E-state index contributed by atoms with van der Waals surface area (Å²) in [5.74, 6) is 0. The Morgan fingerprint density at radius 1 is 1.33 bits per heavy atom. The lowest BCUT2D eigenvalue weighted by Gasteiger charge is -2.24. The molecule has 0 amide bonds. The predicted octanol–water partition coefficient (Wildman–Crippen LogP) is 3.45. The average molecular weight is 215 g/mol. The van der Waals surface area contributed by atoms with Crippen LogP contribution in [0.3, 0.4) is 0 Å². The zero-order valence-electron chi connectivity index (χ0n) is 8.36. The molecule has 0 radical (unpaired) electrons. The van der Waals surface area contributed by atoms with Crippen molar-refractivity contribution in [2.75, 3.05) is 5.32 Å². The van der Waals surface area contributed by atoms with Gasteiger partial charge in [-0.25, -0.2) is 0 Å². The van der Waals surface area contributed by atoms with E-state index in [1.807, 2.05) is 6.92 Å². The van der Waals surface area contributed by atoms with E-state index in [2.05, 4.69) is 5.32 Å². The van der Waals surface area contributed by atoms with Gasteiger partial charge in [0.1, 0.15) is 0 Å². The van der Waals surface area contributed by atoms with Gasteiger partial charge in [-0.2, -0.15) is 13.2 Å². The molecule has 82 valence electrons. The van der Waals surface area contributed by atoms with E-state index in [1.54, 1.807) is 6.07 Å². The largest absolute Gasteiger partial charge is 0.416 e. The SMILES string of the molecule is CC1CCc2ccc(C(F)(F)F)cc2N1. The molecule has 0 saturated carbocycles. The Bertz CT molecular complexity index is 371. The van der Waals surface area contributed by atoms with Crippen LogP contribution in [0.1, 0.15) is 24.5 Å². The fourth-order valence-electron chi connectivity index (χ4n) is 1.81. The molecule has 1 unspecified atom stereocenters. The van der Waals surface area contributed by atoms with Crippen LogP contribution in [0, 0.1) is 0 Å². The second-order valence-corrected chi connectivity index (χ2v) is 3.95. The van der Waals surface area contributed by atoms with Crippen LogP contribution in [-0.2, 0) is 12.6 Å². The van der Waals surface area contributed by atoms with E-state index < -0.39 is 11.7 Å². The summed E-state index contributed by atoms with van der Waals surface area (Å²) in [6, 6.07) is 4.17. The quantitative estimate of drug-likeness (QED) is 0.698. The van der Waals surface area contributed by atoms with Gasteiger partial charge in [0, 0.05) is 11.7 Å². The summed E-state index contributed by atoms with van der Waals surface area (Å²) < 4.78 is 37.3. The smallest absolute Gasteiger partial charge is 0.382 e. The van der Waals surface area contributed by atoms with E-state index in [0.717, 1.165) is 24.5 Å². The van der Waals surface area contributed by atoms with Crippen LogP contribution in [0.2, 0.25) is 0 Å². The minimum atomic E-state index is -4.25. The van der Waals surface area contributed by atoms with Crippen molar-refractivity contribution >= 4 is 5.69 Å². The molecule has 0 saturated heterocycles. The highest BCUT2D eigenvalue weighted by molar-refractivity contribution is 5.56. The van der Waals surface area contributed by atoms with Crippen LogP contribution in [0.25, 0.3) is 0 Å². The third-order valence-corrected chi connectivity index (χ3v) is 2.69. The summed E-state index contributed by atoms with van der Waals surface area (Å²) in [6.45, 7) is 1.98. The van der Waals surface area contributed by atoms with Gasteiger partial charge in [-0.1, -0.05) is 6.07 Å². The van der Waals surface area contributed by atoms with E-state index in [9.17, 15) is 13.2 Å². The number of hydrogen-bond donors (Lipinski definition) is 1. The van der Waals surface area contributed by atoms with Crippen molar-refractivity contribution < 1.29 is 13.2 Å².